The van der Waals surface area contributed by atoms with E-state index in [4.69, 9.17) is 10.2 Å². The second-order valence-electron chi connectivity index (χ2n) is 31.5. The number of hydrogen-bond donors (Lipinski definition) is 23. The molecule has 0 aromatic heterocycles. The van der Waals surface area contributed by atoms with Crippen molar-refractivity contribution in [1.29, 1.82) is 0 Å². The number of amides is 14. The highest BCUT2D eigenvalue weighted by Crippen LogP contribution is 2.15. The van der Waals surface area contributed by atoms with Crippen LogP contribution in [0.1, 0.15) is 202 Å². The fourth-order valence-electron chi connectivity index (χ4n) is 13.4. The first-order valence-electron chi connectivity index (χ1n) is 44.6. The van der Waals surface area contributed by atoms with Crippen molar-refractivity contribution in [3.8, 4) is 0 Å². The van der Waals surface area contributed by atoms with Gasteiger partial charge in [0.2, 0.25) is 59.1 Å². The molecule has 0 heterocycles. The molecule has 0 aliphatic carbocycles. The lowest BCUT2D eigenvalue weighted by atomic mass is 10.0. The molecule has 8 atom stereocenters. The lowest BCUT2D eigenvalue weighted by molar-refractivity contribution is -0.142. The normalized spacial score (nSPS) is 12.7. The third kappa shape index (κ3) is 52.8. The lowest BCUT2D eigenvalue weighted by Gasteiger charge is -2.24. The topological polar surface area (TPSA) is 633 Å². The monoisotopic (exact) mass is 1830 g/mol. The molecule has 4 aromatic carbocycles. The molecule has 4 rings (SSSR count). The molecule has 41 heteroatoms. The average molecular weight is 1840 g/mol. The van der Waals surface area contributed by atoms with Crippen LogP contribution in [0.15, 0.2) is 121 Å². The van der Waals surface area contributed by atoms with Crippen LogP contribution in [0.25, 0.3) is 0 Å². The zero-order valence-electron chi connectivity index (χ0n) is 74.0. The smallest absolute Gasteiger partial charge is 0.326 e. The minimum atomic E-state index is -1.53. The summed E-state index contributed by atoms with van der Waals surface area (Å²) in [6.07, 6.45) is 7.68. The van der Waals surface area contributed by atoms with Crippen LogP contribution < -0.4 is 90.8 Å². The Bertz CT molecular complexity index is 3960. The van der Waals surface area contributed by atoms with Gasteiger partial charge in [-0.3, -0.25) is 57.5 Å². The summed E-state index contributed by atoms with van der Waals surface area (Å²) in [5, 5.41) is 92.2. The Kier molecular flexibility index (Phi) is 55.7. The fraction of sp³-hybridized carbons (Fsp3) is 0.533. The van der Waals surface area contributed by atoms with E-state index in [1.54, 1.807) is 24.3 Å². The maximum atomic E-state index is 14.2. The first-order chi connectivity index (χ1) is 62.9. The predicted octanol–water partition coefficient (Wildman–Crippen LogP) is 2.70. The average Bonchev–Trinajstić information content (AvgIpc) is 0.860. The molecule has 0 aliphatic heterocycles. The molecule has 0 aliphatic rings. The summed E-state index contributed by atoms with van der Waals surface area (Å²) >= 11 is 0. The van der Waals surface area contributed by atoms with E-state index < -0.39 is 157 Å². The first-order valence-corrected chi connectivity index (χ1v) is 44.6. The summed E-state index contributed by atoms with van der Waals surface area (Å²) in [6, 6.07) is 24.3. The zero-order valence-corrected chi connectivity index (χ0v) is 74.0. The van der Waals surface area contributed by atoms with Crippen LogP contribution in [0.3, 0.4) is 0 Å². The van der Waals surface area contributed by atoms with E-state index in [0.717, 1.165) is 60.8 Å². The third-order valence-electron chi connectivity index (χ3n) is 20.6. The highest BCUT2D eigenvalue weighted by Gasteiger charge is 2.32. The second kappa shape index (κ2) is 66.2. The number of rotatable bonds is 72. The number of hydrogen-bond acceptors (Lipinski definition) is 21. The number of hydrazine groups is 2. The molecule has 8 unspecified atom stereocenters. The van der Waals surface area contributed by atoms with Gasteiger partial charge in [0, 0.05) is 129 Å². The fourth-order valence-corrected chi connectivity index (χ4v) is 13.4. The second-order valence-corrected chi connectivity index (χ2v) is 31.5. The SMILES string of the molecule is O=C(O)CCC(NC(=O)NC(CCCCNC(=O)CCCCCCCNC(=O)C(Cc1ccccc1)NC(=O)C(Cc1ccccc1)NC(=O)CCCC(=O)NCCNNNCCNC(=O)CCCC(=O)NC(Cc1ccccc1)C(=O)NC(Cc1ccccc1)C(=O)NCCCCCCCC(=O)NCCCCC(NC(=O)NC(CCC(=O)O)C(=O)O)C(=O)O)C(=O)O)C(=O)O. The third-order valence-corrected chi connectivity index (χ3v) is 20.6. The molecule has 23 N–H and O–H groups in total. The van der Waals surface area contributed by atoms with Gasteiger partial charge in [0.15, 0.2) is 0 Å². The molecule has 720 valence electrons. The van der Waals surface area contributed by atoms with Crippen molar-refractivity contribution >= 4 is 107 Å². The maximum Gasteiger partial charge on any atom is 0.326 e. The number of carboxylic acids is 6. The van der Waals surface area contributed by atoms with Crippen LogP contribution in [0.5, 0.6) is 0 Å². The van der Waals surface area contributed by atoms with Gasteiger partial charge in [0.05, 0.1) is 0 Å². The number of aliphatic carboxylic acids is 6. The number of carbonyl (C=O) groups excluding carboxylic acids is 12. The first kappa shape index (κ1) is 110. The molecule has 0 spiro atoms. The Labute approximate surface area is 761 Å². The number of urea groups is 2. The summed E-state index contributed by atoms with van der Waals surface area (Å²) in [6.45, 7) is 2.13. The van der Waals surface area contributed by atoms with Crippen molar-refractivity contribution in [3.05, 3.63) is 144 Å². The van der Waals surface area contributed by atoms with Crippen molar-refractivity contribution in [2.75, 3.05) is 52.4 Å². The van der Waals surface area contributed by atoms with Crippen LogP contribution in [0.2, 0.25) is 0 Å². The van der Waals surface area contributed by atoms with E-state index in [2.05, 4.69) is 90.8 Å². The Morgan fingerprint density at radius 2 is 0.466 bits per heavy atom. The Morgan fingerprint density at radius 1 is 0.214 bits per heavy atom. The van der Waals surface area contributed by atoms with E-state index in [0.29, 0.717) is 64.5 Å². The summed E-state index contributed by atoms with van der Waals surface area (Å²) in [4.78, 5) is 226. The van der Waals surface area contributed by atoms with Gasteiger partial charge in [-0.25, -0.2) is 39.6 Å². The largest absolute Gasteiger partial charge is 0.481 e. The van der Waals surface area contributed by atoms with Gasteiger partial charge >= 0.3 is 47.9 Å². The molecule has 0 fully saturated rings. The highest BCUT2D eigenvalue weighted by molar-refractivity contribution is 5.94. The summed E-state index contributed by atoms with van der Waals surface area (Å²) in [7, 11) is 0. The molecular weight excluding hydrogens is 1700 g/mol. The van der Waals surface area contributed by atoms with E-state index in [1.807, 2.05) is 97.1 Å². The van der Waals surface area contributed by atoms with Gasteiger partial charge in [-0.2, -0.15) is 5.53 Å². The quantitative estimate of drug-likeness (QED) is 0.0223. The van der Waals surface area contributed by atoms with Gasteiger partial charge in [-0.05, 0) is 112 Å². The van der Waals surface area contributed by atoms with Crippen molar-refractivity contribution < 1.29 is 117 Å². The molecule has 0 radical (unpaired) electrons. The molecule has 4 aromatic rings. The van der Waals surface area contributed by atoms with Crippen LogP contribution in [-0.2, 0) is 102 Å². The standard InChI is InChI=1S/C90H131N17O24/c108-73(91-49-25-21-37-65(85(122)123)103-89(130)105-67(87(126)127)45-47-79(114)115)39-19-3-1-5-23-51-95-81(118)69(57-61-29-11-7-12-30-61)101-83(120)71(59-63-33-15-9-16-34-63)99-77(112)43-27-41-75(110)93-53-55-97-107-98-56-54-94-76(111)42-28-44-78(113)100-72(60-64-35-17-10-18-36-64)84(121)102-70(58-62-31-13-8-14-32-62)82(119)96-52-24-6-2-4-20-40-74(109)92-50-26-22-38-66(86(124)125)104-90(131)106-68(88(128)129)46-48-80(116)117/h7-18,29-36,65-72,97-98,107H,1-6,19-28,37-60H2,(H,91,108)(H,92,109)(H,93,110)(H,94,111)(H,95,118)(H,96,119)(H,99,112)(H,100,113)(H,101,120)(H,102,121)(H,114,115)(H,116,117)(H,122,123)(H,124,125)(H,126,127)(H,128,129)(H2,103,105,130)(H2,104,106,131). The Morgan fingerprint density at radius 3 is 0.771 bits per heavy atom. The molecule has 14 amide bonds. The van der Waals surface area contributed by atoms with Crippen molar-refractivity contribution in [2.45, 2.75) is 254 Å². The number of unbranched alkanes of at least 4 members (excludes halogenated alkanes) is 10. The molecule has 131 heavy (non-hydrogen) atoms. The zero-order chi connectivity index (χ0) is 95.8. The molecule has 0 saturated carbocycles. The summed E-state index contributed by atoms with van der Waals surface area (Å²) in [5.41, 5.74) is 11.7. The lowest BCUT2D eigenvalue weighted by Crippen LogP contribution is -2.55. The van der Waals surface area contributed by atoms with Crippen molar-refractivity contribution in [3.63, 3.8) is 0 Å². The van der Waals surface area contributed by atoms with Gasteiger partial charge in [0.25, 0.3) is 0 Å². The van der Waals surface area contributed by atoms with Gasteiger partial charge < -0.3 is 105 Å². The van der Waals surface area contributed by atoms with Crippen LogP contribution in [0.4, 0.5) is 9.59 Å². The van der Waals surface area contributed by atoms with Crippen molar-refractivity contribution in [1.82, 2.24) is 90.8 Å². The Balaban J connectivity index is 1.09. The number of benzene rings is 4. The van der Waals surface area contributed by atoms with Crippen LogP contribution in [-0.4, -0.2) is 238 Å². The number of carboxylic acid groups (broad SMARTS) is 6. The Hall–Kier alpha value is -13.2. The summed E-state index contributed by atoms with van der Waals surface area (Å²) in [5.74, 6) is -12.1. The maximum absolute atomic E-state index is 14.2. The molecular formula is C90H131N17O24. The van der Waals surface area contributed by atoms with Crippen molar-refractivity contribution in [2.24, 2.45) is 0 Å². The van der Waals surface area contributed by atoms with Crippen LogP contribution in [0, 0.1) is 0 Å². The van der Waals surface area contributed by atoms with E-state index in [9.17, 15) is 107 Å². The highest BCUT2D eigenvalue weighted by atomic mass is 16.4. The van der Waals surface area contributed by atoms with Gasteiger partial charge in [-0.1, -0.05) is 160 Å². The predicted molar refractivity (Wildman–Crippen MR) is 479 cm³/mol. The molecule has 0 bridgehead atoms. The number of nitrogens with one attached hydrogen (secondary N) is 17. The van der Waals surface area contributed by atoms with E-state index >= 15 is 0 Å². The minimum Gasteiger partial charge on any atom is -0.481 e. The van der Waals surface area contributed by atoms with E-state index in [-0.39, 0.29) is 153 Å². The van der Waals surface area contributed by atoms with Crippen LogP contribution >= 0.6 is 0 Å². The van der Waals surface area contributed by atoms with E-state index in [1.165, 1.54) is 0 Å². The summed E-state index contributed by atoms with van der Waals surface area (Å²) < 4.78 is 0. The minimum absolute atomic E-state index is 0.0102. The number of carbonyl (C=O) groups is 18. The van der Waals surface area contributed by atoms with Gasteiger partial charge in [0.1, 0.15) is 48.3 Å². The van der Waals surface area contributed by atoms with Gasteiger partial charge in [-0.15, -0.1) is 0 Å². The molecule has 0 saturated heterocycles. The molecule has 41 nitrogen and oxygen atoms in total.